The molecule has 6 heteroatoms. The van der Waals surface area contributed by atoms with Crippen LogP contribution in [0.1, 0.15) is 38.5 Å². The van der Waals surface area contributed by atoms with E-state index in [0.717, 1.165) is 18.8 Å². The van der Waals surface area contributed by atoms with Crippen LogP contribution >= 0.6 is 0 Å². The molecule has 0 unspecified atom stereocenters. The van der Waals surface area contributed by atoms with Crippen LogP contribution in [-0.4, -0.2) is 17.9 Å². The molecule has 4 rings (SSSR count). The predicted octanol–water partition coefficient (Wildman–Crippen LogP) is 3.00. The van der Waals surface area contributed by atoms with Crippen LogP contribution in [0, 0.1) is 22.2 Å². The van der Waals surface area contributed by atoms with Crippen LogP contribution in [0.25, 0.3) is 0 Å². The van der Waals surface area contributed by atoms with Crippen LogP contribution in [0.3, 0.4) is 0 Å². The number of hydrogen-bond donors (Lipinski definition) is 0. The lowest BCUT2D eigenvalue weighted by molar-refractivity contribution is -0.209. The van der Waals surface area contributed by atoms with Crippen LogP contribution < -0.4 is 0 Å². The minimum absolute atomic E-state index is 0.0448. The van der Waals surface area contributed by atoms with E-state index in [0.29, 0.717) is 38.5 Å². The van der Waals surface area contributed by atoms with Crippen molar-refractivity contribution in [3.05, 3.63) is 38.5 Å². The summed E-state index contributed by atoms with van der Waals surface area (Å²) in [6.07, 6.45) is 5.94. The first-order valence-electron chi connectivity index (χ1n) is 8.31. The van der Waals surface area contributed by atoms with Gasteiger partial charge in [-0.25, -0.2) is 0 Å². The number of rotatable bonds is 6. The third-order valence-corrected chi connectivity index (χ3v) is 5.94. The van der Waals surface area contributed by atoms with Gasteiger partial charge in [-0.3, -0.25) is 14.4 Å². The lowest BCUT2D eigenvalue weighted by Crippen LogP contribution is -2.63. The summed E-state index contributed by atoms with van der Waals surface area (Å²) in [4.78, 5) is 38.1. The van der Waals surface area contributed by atoms with Crippen molar-refractivity contribution in [2.24, 2.45) is 22.2 Å². The molecule has 0 aromatic rings. The van der Waals surface area contributed by atoms with Gasteiger partial charge in [0.15, 0.2) is 0 Å². The van der Waals surface area contributed by atoms with Gasteiger partial charge in [-0.15, -0.1) is 0 Å². The summed E-state index contributed by atoms with van der Waals surface area (Å²) in [6.45, 7) is 10.3. The van der Waals surface area contributed by atoms with Crippen molar-refractivity contribution >= 4 is 17.9 Å². The zero-order valence-corrected chi connectivity index (χ0v) is 14.1. The summed E-state index contributed by atoms with van der Waals surface area (Å²) in [7, 11) is 0. The van der Waals surface area contributed by atoms with Crippen molar-refractivity contribution in [1.82, 2.24) is 0 Å². The predicted molar refractivity (Wildman–Crippen MR) is 87.4 cm³/mol. The van der Waals surface area contributed by atoms with Gasteiger partial charge in [-0.2, -0.15) is 0 Å². The first kappa shape index (κ1) is 17.5. The van der Waals surface area contributed by atoms with Gasteiger partial charge in [0.05, 0.1) is 35.0 Å². The van der Waals surface area contributed by atoms with Crippen molar-refractivity contribution in [3.63, 3.8) is 0 Å². The number of carbonyl (C=O) groups is 3. The fourth-order valence-corrected chi connectivity index (χ4v) is 5.72. The quantitative estimate of drug-likeness (QED) is 0.418. The Morgan fingerprint density at radius 2 is 0.960 bits per heavy atom. The molecule has 0 spiro atoms. The Morgan fingerprint density at radius 1 is 0.680 bits per heavy atom. The van der Waals surface area contributed by atoms with E-state index in [2.05, 4.69) is 19.7 Å². The fourth-order valence-electron chi connectivity index (χ4n) is 5.72. The number of carbonyl (C=O) groups excluding carboxylic acids is 3. The van der Waals surface area contributed by atoms with Crippen LogP contribution in [0.15, 0.2) is 38.5 Å². The highest BCUT2D eigenvalue weighted by Gasteiger charge is 2.71. The smallest absolute Gasteiger partial charge is 0.316 e. The molecule has 0 atom stereocenters. The molecule has 0 heterocycles. The van der Waals surface area contributed by atoms with E-state index in [1.807, 2.05) is 0 Å². The second-order valence-electron chi connectivity index (χ2n) is 7.57. The van der Waals surface area contributed by atoms with E-state index in [1.54, 1.807) is 0 Å². The highest BCUT2D eigenvalue weighted by molar-refractivity contribution is 5.88. The second kappa shape index (κ2) is 5.86. The number of hydrogen-bond acceptors (Lipinski definition) is 6. The maximum absolute atomic E-state index is 12.7. The van der Waals surface area contributed by atoms with E-state index in [9.17, 15) is 14.4 Å². The van der Waals surface area contributed by atoms with Gasteiger partial charge < -0.3 is 14.2 Å². The van der Waals surface area contributed by atoms with Gasteiger partial charge >= 0.3 is 17.9 Å². The van der Waals surface area contributed by atoms with E-state index in [-0.39, 0.29) is 5.92 Å². The number of esters is 3. The van der Waals surface area contributed by atoms with Gasteiger partial charge in [0, 0.05) is 0 Å². The molecular weight excluding hydrogens is 324 g/mol. The summed E-state index contributed by atoms with van der Waals surface area (Å²) < 4.78 is 15.2. The average Bonchev–Trinajstić information content (AvgIpc) is 2.54. The standard InChI is InChI=1S/C19H22O6/c1-4-23-14(20)17-7-13-8-18(10-17,15(21)24-5-2)12-19(9-13,11-17)16(22)25-6-3/h4-6,13H,1-3,7-12H2. The molecular formula is C19H22O6. The third-order valence-electron chi connectivity index (χ3n) is 5.94. The minimum Gasteiger partial charge on any atom is -0.435 e. The Kier molecular flexibility index (Phi) is 4.09. The van der Waals surface area contributed by atoms with Crippen LogP contribution in [0.5, 0.6) is 0 Å². The number of ether oxygens (including phenoxy) is 3. The molecule has 0 amide bonds. The SMILES string of the molecule is C=COC(=O)C12CC3CC(C(=O)OC=C)(C1)CC(C(=O)OC=C)(C3)C2. The molecule has 0 N–H and O–H groups in total. The van der Waals surface area contributed by atoms with Gasteiger partial charge in [-0.05, 0) is 44.4 Å². The maximum Gasteiger partial charge on any atom is 0.316 e. The van der Waals surface area contributed by atoms with E-state index >= 15 is 0 Å². The Hall–Kier alpha value is -2.37. The molecule has 0 saturated heterocycles. The molecule has 4 saturated carbocycles. The normalized spacial score (nSPS) is 37.7. The van der Waals surface area contributed by atoms with Crippen LogP contribution in [0.2, 0.25) is 0 Å². The lowest BCUT2D eigenvalue weighted by atomic mass is 9.39. The summed E-state index contributed by atoms with van der Waals surface area (Å²) in [6, 6.07) is 0. The molecule has 4 fully saturated rings. The molecule has 134 valence electrons. The zero-order chi connectivity index (χ0) is 18.3. The highest BCUT2D eigenvalue weighted by atomic mass is 16.5. The largest absolute Gasteiger partial charge is 0.435 e. The summed E-state index contributed by atoms with van der Waals surface area (Å²) in [5.74, 6) is -1.29. The summed E-state index contributed by atoms with van der Waals surface area (Å²) in [5, 5.41) is 0. The molecule has 4 aliphatic carbocycles. The highest BCUT2D eigenvalue weighted by Crippen LogP contribution is 2.70. The van der Waals surface area contributed by atoms with Gasteiger partial charge in [0.25, 0.3) is 0 Å². The summed E-state index contributed by atoms with van der Waals surface area (Å²) in [5.41, 5.74) is -2.73. The van der Waals surface area contributed by atoms with Crippen molar-refractivity contribution in [2.75, 3.05) is 0 Å². The molecule has 0 aliphatic heterocycles. The molecule has 25 heavy (non-hydrogen) atoms. The van der Waals surface area contributed by atoms with Crippen LogP contribution in [0.4, 0.5) is 0 Å². The van der Waals surface area contributed by atoms with E-state index in [1.165, 1.54) is 0 Å². The average molecular weight is 346 g/mol. The summed E-state index contributed by atoms with van der Waals surface area (Å²) >= 11 is 0. The van der Waals surface area contributed by atoms with Crippen molar-refractivity contribution in [3.8, 4) is 0 Å². The van der Waals surface area contributed by atoms with Crippen molar-refractivity contribution in [1.29, 1.82) is 0 Å². The molecule has 4 aliphatic rings. The molecule has 4 bridgehead atoms. The zero-order valence-electron chi connectivity index (χ0n) is 14.1. The third kappa shape index (κ3) is 2.51. The Labute approximate surface area is 146 Å². The van der Waals surface area contributed by atoms with Gasteiger partial charge in [0.2, 0.25) is 0 Å². The topological polar surface area (TPSA) is 78.9 Å². The molecule has 0 radical (unpaired) electrons. The van der Waals surface area contributed by atoms with Crippen molar-refractivity contribution < 1.29 is 28.6 Å². The second-order valence-corrected chi connectivity index (χ2v) is 7.57. The first-order chi connectivity index (χ1) is 11.9. The molecule has 0 aromatic heterocycles. The Morgan fingerprint density at radius 3 is 1.20 bits per heavy atom. The van der Waals surface area contributed by atoms with Crippen LogP contribution in [-0.2, 0) is 28.6 Å². The van der Waals surface area contributed by atoms with E-state index in [4.69, 9.17) is 14.2 Å². The Bertz CT molecular complexity index is 564. The monoisotopic (exact) mass is 346 g/mol. The van der Waals surface area contributed by atoms with Crippen molar-refractivity contribution in [2.45, 2.75) is 38.5 Å². The Balaban J connectivity index is 2.06. The lowest BCUT2D eigenvalue weighted by Gasteiger charge is -2.62. The first-order valence-corrected chi connectivity index (χ1v) is 8.31. The van der Waals surface area contributed by atoms with Gasteiger partial charge in [0.1, 0.15) is 0 Å². The fraction of sp³-hybridized carbons (Fsp3) is 0.526. The maximum atomic E-state index is 12.7. The minimum atomic E-state index is -0.909. The van der Waals surface area contributed by atoms with E-state index < -0.39 is 34.2 Å². The molecule has 6 nitrogen and oxygen atoms in total. The molecule has 0 aromatic carbocycles. The van der Waals surface area contributed by atoms with Gasteiger partial charge in [-0.1, -0.05) is 19.7 Å².